The molecule has 1 nitrogen and oxygen atoms in total. The molecule has 0 bridgehead atoms. The van der Waals surface area contributed by atoms with Crippen LogP contribution in [0.3, 0.4) is 0 Å². The molecule has 2 rings (SSSR count). The summed E-state index contributed by atoms with van der Waals surface area (Å²) >= 11 is 17.7. The Bertz CT molecular complexity index is 377. The predicted octanol–water partition coefficient (Wildman–Crippen LogP) is 5.06. The van der Waals surface area contributed by atoms with E-state index >= 15 is 0 Å². The number of rotatable bonds is 2. The molecule has 1 heterocycles. The highest BCUT2D eigenvalue weighted by molar-refractivity contribution is 9.10. The molecule has 0 spiro atoms. The molecule has 1 aromatic carbocycles. The highest BCUT2D eigenvalue weighted by Gasteiger charge is 2.25. The van der Waals surface area contributed by atoms with Crippen molar-refractivity contribution >= 4 is 56.6 Å². The number of benzene rings is 1. The van der Waals surface area contributed by atoms with Crippen LogP contribution in [0, 0.1) is 0 Å². The lowest BCUT2D eigenvalue weighted by molar-refractivity contribution is 0.724. The summed E-state index contributed by atoms with van der Waals surface area (Å²) in [5, 5.41) is 5.40. The Balaban J connectivity index is 2.21. The van der Waals surface area contributed by atoms with Gasteiger partial charge in [0.1, 0.15) is 0 Å². The molecule has 88 valence electrons. The standard InChI is InChI=1S/C11H12BrCl2NS/c1-6-10(2-3-16-6)15-11-8(13)4-7(12)5-9(11)14/h4-6,10,15H,2-3H2,1H3. The number of hydrogen-bond acceptors (Lipinski definition) is 2. The SMILES string of the molecule is CC1SCCC1Nc1c(Cl)cc(Br)cc1Cl. The second kappa shape index (κ2) is 5.38. The highest BCUT2D eigenvalue weighted by atomic mass is 79.9. The molecule has 0 amide bonds. The topological polar surface area (TPSA) is 12.0 Å². The van der Waals surface area contributed by atoms with Gasteiger partial charge in [0.25, 0.3) is 0 Å². The van der Waals surface area contributed by atoms with Crippen molar-refractivity contribution in [3.05, 3.63) is 26.7 Å². The zero-order valence-corrected chi connectivity index (χ0v) is 12.7. The Morgan fingerprint density at radius 1 is 1.38 bits per heavy atom. The fourth-order valence-corrected chi connectivity index (χ4v) is 4.30. The van der Waals surface area contributed by atoms with Crippen LogP contribution in [0.5, 0.6) is 0 Å². The minimum atomic E-state index is 0.459. The van der Waals surface area contributed by atoms with Crippen LogP contribution in [0.2, 0.25) is 10.0 Å². The summed E-state index contributed by atoms with van der Waals surface area (Å²) in [6.45, 7) is 2.23. The van der Waals surface area contributed by atoms with Crippen molar-refractivity contribution in [2.24, 2.45) is 0 Å². The number of thioether (sulfide) groups is 1. The molecule has 2 unspecified atom stereocenters. The quantitative estimate of drug-likeness (QED) is 0.807. The first-order valence-corrected chi connectivity index (χ1v) is 7.70. The molecule has 1 saturated heterocycles. The average molecular weight is 341 g/mol. The van der Waals surface area contributed by atoms with E-state index in [9.17, 15) is 0 Å². The molecule has 1 fully saturated rings. The van der Waals surface area contributed by atoms with Gasteiger partial charge in [-0.1, -0.05) is 46.1 Å². The van der Waals surface area contributed by atoms with Gasteiger partial charge in [0.2, 0.25) is 0 Å². The summed E-state index contributed by atoms with van der Waals surface area (Å²) in [6.07, 6.45) is 1.16. The molecule has 0 aliphatic carbocycles. The van der Waals surface area contributed by atoms with Gasteiger partial charge in [0.15, 0.2) is 0 Å². The highest BCUT2D eigenvalue weighted by Crippen LogP contribution is 2.37. The maximum absolute atomic E-state index is 6.18. The van der Waals surface area contributed by atoms with Crippen LogP contribution in [0.15, 0.2) is 16.6 Å². The molecule has 0 radical (unpaired) electrons. The van der Waals surface area contributed by atoms with E-state index in [2.05, 4.69) is 28.2 Å². The first-order chi connectivity index (χ1) is 7.58. The maximum atomic E-state index is 6.18. The molecule has 2 atom stereocenters. The van der Waals surface area contributed by atoms with Crippen LogP contribution in [0.1, 0.15) is 13.3 Å². The smallest absolute Gasteiger partial charge is 0.0722 e. The van der Waals surface area contributed by atoms with Gasteiger partial charge in [0, 0.05) is 15.8 Å². The van der Waals surface area contributed by atoms with Gasteiger partial charge in [-0.25, -0.2) is 0 Å². The van der Waals surface area contributed by atoms with Crippen molar-refractivity contribution in [2.45, 2.75) is 24.6 Å². The van der Waals surface area contributed by atoms with Crippen LogP contribution in [0.4, 0.5) is 5.69 Å². The molecule has 1 N–H and O–H groups in total. The molecule has 1 aliphatic rings. The predicted molar refractivity (Wildman–Crippen MR) is 78.1 cm³/mol. The summed E-state index contributed by atoms with van der Waals surface area (Å²) in [5.74, 6) is 1.20. The minimum Gasteiger partial charge on any atom is -0.379 e. The van der Waals surface area contributed by atoms with Gasteiger partial charge < -0.3 is 5.32 Å². The number of nitrogens with one attached hydrogen (secondary N) is 1. The van der Waals surface area contributed by atoms with Gasteiger partial charge in [-0.05, 0) is 24.3 Å². The lowest BCUT2D eigenvalue weighted by Gasteiger charge is -2.20. The minimum absolute atomic E-state index is 0.459. The number of halogens is 3. The third-order valence-corrected chi connectivity index (χ3v) is 5.09. The molecule has 0 saturated carbocycles. The lowest BCUT2D eigenvalue weighted by Crippen LogP contribution is -2.25. The monoisotopic (exact) mass is 339 g/mol. The van der Waals surface area contributed by atoms with Crippen molar-refractivity contribution in [2.75, 3.05) is 11.1 Å². The second-order valence-electron chi connectivity index (χ2n) is 3.86. The van der Waals surface area contributed by atoms with Crippen molar-refractivity contribution in [1.29, 1.82) is 0 Å². The molecular weight excluding hydrogens is 329 g/mol. The Labute approximate surface area is 118 Å². The van der Waals surface area contributed by atoms with Crippen LogP contribution < -0.4 is 5.32 Å². The van der Waals surface area contributed by atoms with Crippen molar-refractivity contribution in [3.63, 3.8) is 0 Å². The zero-order valence-electron chi connectivity index (χ0n) is 8.77. The van der Waals surface area contributed by atoms with E-state index in [0.29, 0.717) is 21.3 Å². The maximum Gasteiger partial charge on any atom is 0.0722 e. The number of anilines is 1. The van der Waals surface area contributed by atoms with E-state index in [-0.39, 0.29) is 0 Å². The molecule has 1 aliphatic heterocycles. The van der Waals surface area contributed by atoms with Gasteiger partial charge in [-0.2, -0.15) is 11.8 Å². The molecule has 16 heavy (non-hydrogen) atoms. The molecule has 0 aromatic heterocycles. The second-order valence-corrected chi connectivity index (χ2v) is 7.08. The molecule has 5 heteroatoms. The summed E-state index contributed by atoms with van der Waals surface area (Å²) in [4.78, 5) is 0. The zero-order chi connectivity index (χ0) is 11.7. The molecule has 1 aromatic rings. The third-order valence-electron chi connectivity index (χ3n) is 2.71. The normalized spacial score (nSPS) is 24.8. The van der Waals surface area contributed by atoms with Gasteiger partial charge in [-0.3, -0.25) is 0 Å². The van der Waals surface area contributed by atoms with E-state index in [1.165, 1.54) is 5.75 Å². The van der Waals surface area contributed by atoms with Crippen LogP contribution in [-0.4, -0.2) is 17.0 Å². The van der Waals surface area contributed by atoms with Crippen LogP contribution in [0.25, 0.3) is 0 Å². The Morgan fingerprint density at radius 3 is 2.50 bits per heavy atom. The van der Waals surface area contributed by atoms with Crippen molar-refractivity contribution < 1.29 is 0 Å². The first-order valence-electron chi connectivity index (χ1n) is 5.10. The van der Waals surface area contributed by atoms with E-state index in [1.54, 1.807) is 0 Å². The van der Waals surface area contributed by atoms with E-state index < -0.39 is 0 Å². The summed E-state index contributed by atoms with van der Waals surface area (Å²) in [6, 6.07) is 4.19. The summed E-state index contributed by atoms with van der Waals surface area (Å²) in [7, 11) is 0. The third kappa shape index (κ3) is 2.81. The van der Waals surface area contributed by atoms with Crippen molar-refractivity contribution in [1.82, 2.24) is 0 Å². The fraction of sp³-hybridized carbons (Fsp3) is 0.455. The Hall–Kier alpha value is 0.430. The average Bonchev–Trinajstić information content (AvgIpc) is 2.57. The number of hydrogen-bond donors (Lipinski definition) is 1. The van der Waals surface area contributed by atoms with E-state index in [0.717, 1.165) is 16.6 Å². The van der Waals surface area contributed by atoms with Gasteiger partial charge >= 0.3 is 0 Å². The van der Waals surface area contributed by atoms with E-state index in [4.69, 9.17) is 23.2 Å². The van der Waals surface area contributed by atoms with Crippen LogP contribution >= 0.6 is 50.9 Å². The van der Waals surface area contributed by atoms with Gasteiger partial charge in [0.05, 0.1) is 15.7 Å². The largest absolute Gasteiger partial charge is 0.379 e. The van der Waals surface area contributed by atoms with Crippen molar-refractivity contribution in [3.8, 4) is 0 Å². The van der Waals surface area contributed by atoms with E-state index in [1.807, 2.05) is 23.9 Å². The first kappa shape index (κ1) is 12.9. The lowest BCUT2D eigenvalue weighted by atomic mass is 10.1. The van der Waals surface area contributed by atoms with Gasteiger partial charge in [-0.15, -0.1) is 0 Å². The Kier molecular flexibility index (Phi) is 4.33. The molecular formula is C11H12BrCl2NS. The fourth-order valence-electron chi connectivity index (χ4n) is 1.79. The van der Waals surface area contributed by atoms with Crippen LogP contribution in [-0.2, 0) is 0 Å². The summed E-state index contributed by atoms with van der Waals surface area (Å²) < 4.78 is 0.905. The Morgan fingerprint density at radius 2 is 2.00 bits per heavy atom. The summed E-state index contributed by atoms with van der Waals surface area (Å²) in [5.41, 5.74) is 0.853.